The molecule has 0 amide bonds. The molecule has 0 aromatic carbocycles. The van der Waals surface area contributed by atoms with Crippen molar-refractivity contribution in [2.45, 2.75) is 0 Å². The molecule has 0 unspecified atom stereocenters. The van der Waals surface area contributed by atoms with Gasteiger partial charge < -0.3 is 5.48 Å². The second-order valence-corrected chi connectivity index (χ2v) is 0. The van der Waals surface area contributed by atoms with Crippen molar-refractivity contribution in [1.82, 2.24) is 0 Å². The molecule has 0 saturated heterocycles. The normalized spacial score (nSPS) is 0. The fraction of sp³-hybridized carbons (Fsp3) is 0. The molecule has 0 N–H and O–H groups in total. The predicted molar refractivity (Wildman–Crippen MR) is 6.44 cm³/mol. The fourth-order valence-electron chi connectivity index (χ4n) is 0. The third-order valence-corrected chi connectivity index (χ3v) is 0. The molecule has 4 heavy (non-hydrogen) atoms. The summed E-state index contributed by atoms with van der Waals surface area (Å²) in [5.41, 5.74) is 0. The Kier molecular flexibility index (Phi) is 225. The van der Waals surface area contributed by atoms with Crippen molar-refractivity contribution in [2.24, 2.45) is 0 Å². The summed E-state index contributed by atoms with van der Waals surface area (Å²) in [4.78, 5) is 0. The molecule has 0 aliphatic rings. The minimum absolute atomic E-state index is 0. The summed E-state index contributed by atoms with van der Waals surface area (Å²) in [7, 11) is 0. The monoisotopic (exact) mass is 148 g/mol. The number of hydrogen-bond donors (Lipinski definition) is 0. The quantitative estimate of drug-likeness (QED) is 0.414. The molecule has 0 spiro atoms. The molecular weight excluding hydrogens is 148 g/mol. The van der Waals surface area contributed by atoms with Gasteiger partial charge in [-0.15, -0.1) is 0 Å². The summed E-state index contributed by atoms with van der Waals surface area (Å²) in [5.74, 6) is 0. The van der Waals surface area contributed by atoms with E-state index in [4.69, 9.17) is 0 Å². The maximum absolute atomic E-state index is 0. The minimum atomic E-state index is 0. The Morgan fingerprint density at radius 2 is 1.00 bits per heavy atom. The van der Waals surface area contributed by atoms with Crippen LogP contribution in [0.4, 0.5) is 0 Å². The van der Waals surface area contributed by atoms with E-state index in [2.05, 4.69) is 0 Å². The molecule has 1 radical (unpaired) electrons. The van der Waals surface area contributed by atoms with Crippen molar-refractivity contribution in [1.29, 1.82) is 0 Å². The van der Waals surface area contributed by atoms with E-state index in [9.17, 15) is 0 Å². The van der Waals surface area contributed by atoms with Gasteiger partial charge in [-0.25, -0.2) is 0 Å². The van der Waals surface area contributed by atoms with Crippen molar-refractivity contribution in [2.75, 3.05) is 0 Å². The zero-order valence-corrected chi connectivity index (χ0v) is 5.67. The Hall–Kier alpha value is 1.78. The van der Waals surface area contributed by atoms with Crippen LogP contribution in [-0.2, 0) is 39.9 Å². The first-order chi connectivity index (χ1) is 0. The zero-order valence-electron chi connectivity index (χ0n) is 1.88. The van der Waals surface area contributed by atoms with Gasteiger partial charge in [-0.1, -0.05) is 0 Å². The maximum atomic E-state index is 0. The van der Waals surface area contributed by atoms with E-state index < -0.39 is 0 Å². The molecule has 0 atom stereocenters. The Bertz CT molecular complexity index is 8.00. The summed E-state index contributed by atoms with van der Waals surface area (Å²) in [6.07, 6.45) is 0. The Balaban J connectivity index is 0. The van der Waals surface area contributed by atoms with Crippen LogP contribution in [0.2, 0.25) is 0 Å². The van der Waals surface area contributed by atoms with E-state index in [1.54, 1.807) is 0 Å². The van der Waals surface area contributed by atoms with Gasteiger partial charge in [0.1, 0.15) is 0 Å². The second-order valence-electron chi connectivity index (χ2n) is 0. The van der Waals surface area contributed by atoms with Crippen LogP contribution in [0.1, 0.15) is 0 Å². The van der Waals surface area contributed by atoms with Gasteiger partial charge in [-0.2, -0.15) is 0 Å². The summed E-state index contributed by atoms with van der Waals surface area (Å²) in [5, 5.41) is 0. The third-order valence-electron chi connectivity index (χ3n) is 0. The molecule has 0 aromatic rings. The first-order valence-electron chi connectivity index (χ1n) is 0. The zero-order chi connectivity index (χ0) is 0. The molecule has 0 aliphatic carbocycles. The third kappa shape index (κ3) is 9.22. The Labute approximate surface area is 62.6 Å². The molecule has 0 fully saturated rings. The van der Waals surface area contributed by atoms with Gasteiger partial charge >= 0.3 is 57.5 Å². The second kappa shape index (κ2) is 21.6. The maximum Gasteiger partial charge on any atom is 3.00 e. The molecule has 0 aromatic heterocycles. The smallest absolute Gasteiger partial charge is 2.00 e. The van der Waals surface area contributed by atoms with Gasteiger partial charge in [0.15, 0.2) is 0 Å². The summed E-state index contributed by atoms with van der Waals surface area (Å²) >= 11 is 0. The largest absolute Gasteiger partial charge is 3.00 e. The fourth-order valence-corrected chi connectivity index (χ4v) is 0. The summed E-state index contributed by atoms with van der Waals surface area (Å²) in [6, 6.07) is 0. The number of hydrogen-bond acceptors (Lipinski definition) is 0. The van der Waals surface area contributed by atoms with E-state index in [1.807, 2.05) is 0 Å². The Morgan fingerprint density at radius 1 is 1.00 bits per heavy atom. The topological polar surface area (TPSA) is 28.5 Å². The molecule has 4 heteroatoms. The molecule has 0 aliphatic heterocycles. The van der Waals surface area contributed by atoms with Gasteiger partial charge in [-0.05, 0) is 0 Å². The van der Waals surface area contributed by atoms with Crippen LogP contribution in [0, 0.1) is 0 Å². The van der Waals surface area contributed by atoms with Gasteiger partial charge in [0, 0.05) is 0 Å². The van der Waals surface area contributed by atoms with Crippen molar-refractivity contribution in [3.63, 3.8) is 0 Å². The van der Waals surface area contributed by atoms with Crippen LogP contribution >= 0.6 is 0 Å². The van der Waals surface area contributed by atoms with E-state index in [1.165, 1.54) is 0 Å². The van der Waals surface area contributed by atoms with E-state index in [0.717, 1.165) is 0 Å². The average Bonchev–Trinajstić information content (AvgIpc) is 0. The molecule has 0 rings (SSSR count). The van der Waals surface area contributed by atoms with E-state index in [-0.39, 0.29) is 63.0 Å². The van der Waals surface area contributed by atoms with Crippen LogP contribution in [0.3, 0.4) is 0 Å². The Morgan fingerprint density at radius 3 is 1.00 bits per heavy atom. The van der Waals surface area contributed by atoms with Crippen molar-refractivity contribution < 1.29 is 39.9 Å². The minimum Gasteiger partial charge on any atom is -2.00 e. The summed E-state index contributed by atoms with van der Waals surface area (Å²) in [6.45, 7) is 0. The summed E-state index contributed by atoms with van der Waals surface area (Å²) < 4.78 is 0. The van der Waals surface area contributed by atoms with E-state index >= 15 is 0 Å². The van der Waals surface area contributed by atoms with Crippen molar-refractivity contribution in [3.05, 3.63) is 0 Å². The van der Waals surface area contributed by atoms with Gasteiger partial charge in [-0.3, -0.25) is 0 Å². The molecule has 1 nitrogen and oxygen atoms in total. The first-order valence-corrected chi connectivity index (χ1v) is 0. The molecule has 0 heterocycles. The van der Waals surface area contributed by atoms with Crippen LogP contribution in [0.25, 0.3) is 0 Å². The van der Waals surface area contributed by atoms with Gasteiger partial charge in [0.25, 0.3) is 0 Å². The molecular formula is CrFeMgO+5. The SMILES string of the molecule is [Cr+3].[Fe+2].[Mg+2].[O-2]. The van der Waals surface area contributed by atoms with Gasteiger partial charge in [0.05, 0.1) is 0 Å². The van der Waals surface area contributed by atoms with Crippen LogP contribution in [0.15, 0.2) is 0 Å². The average molecular weight is 148 g/mol. The number of rotatable bonds is 0. The van der Waals surface area contributed by atoms with Crippen LogP contribution < -0.4 is 0 Å². The van der Waals surface area contributed by atoms with Crippen LogP contribution in [0.5, 0.6) is 0 Å². The molecule has 0 bridgehead atoms. The molecule has 0 saturated carbocycles. The van der Waals surface area contributed by atoms with Crippen LogP contribution in [-0.4, -0.2) is 23.1 Å². The van der Waals surface area contributed by atoms with Gasteiger partial charge in [0.2, 0.25) is 0 Å². The van der Waals surface area contributed by atoms with E-state index in [0.29, 0.717) is 0 Å². The predicted octanol–water partition coefficient (Wildman–Crippen LogP) is -0.505. The standard InChI is InChI=1S/Cr.Fe.Mg.O/q+3;2*+2;-2. The van der Waals surface area contributed by atoms with Crippen molar-refractivity contribution in [3.8, 4) is 0 Å². The molecule has 17 valence electrons. The first kappa shape index (κ1) is 41.7. The van der Waals surface area contributed by atoms with Crippen molar-refractivity contribution >= 4 is 23.1 Å².